The number of carbonyl (C=O) groups excluding carboxylic acids is 2. The van der Waals surface area contributed by atoms with Gasteiger partial charge in [0, 0.05) is 24.7 Å². The predicted octanol–water partition coefficient (Wildman–Crippen LogP) is 2.52. The summed E-state index contributed by atoms with van der Waals surface area (Å²) < 4.78 is 3.71. The molecule has 0 spiro atoms. The number of anilines is 1. The Morgan fingerprint density at radius 1 is 1.07 bits per heavy atom. The Bertz CT molecular complexity index is 1180. The van der Waals surface area contributed by atoms with E-state index in [-0.39, 0.29) is 24.4 Å². The van der Waals surface area contributed by atoms with Gasteiger partial charge in [0.05, 0.1) is 17.2 Å². The van der Waals surface area contributed by atoms with Gasteiger partial charge in [-0.15, -0.1) is 10.2 Å². The maximum atomic E-state index is 12.6. The molecule has 1 aromatic carbocycles. The molecule has 2 amide bonds. The van der Waals surface area contributed by atoms with Gasteiger partial charge in [-0.05, 0) is 37.3 Å². The zero-order valence-corrected chi connectivity index (χ0v) is 15.6. The van der Waals surface area contributed by atoms with Crippen molar-refractivity contribution in [3.05, 3.63) is 60.7 Å². The van der Waals surface area contributed by atoms with E-state index >= 15 is 0 Å². The molecular weight excluding hydrogens is 356 g/mol. The number of carbonyl (C=O) groups is 2. The van der Waals surface area contributed by atoms with Gasteiger partial charge >= 0.3 is 0 Å². The third-order valence-corrected chi connectivity index (χ3v) is 4.54. The first kappa shape index (κ1) is 17.7. The third-order valence-electron chi connectivity index (χ3n) is 4.54. The molecular formula is C20H20N6O2. The molecule has 0 radical (unpaired) electrons. The number of hydrogen-bond donors (Lipinski definition) is 2. The van der Waals surface area contributed by atoms with Gasteiger partial charge in [0.1, 0.15) is 6.54 Å². The number of pyridine rings is 1. The second-order valence-electron chi connectivity index (χ2n) is 6.64. The van der Waals surface area contributed by atoms with Crippen LogP contribution >= 0.6 is 0 Å². The highest BCUT2D eigenvalue weighted by atomic mass is 16.2. The van der Waals surface area contributed by atoms with Crippen LogP contribution in [-0.4, -0.2) is 31.0 Å². The number of amides is 2. The Morgan fingerprint density at radius 2 is 1.93 bits per heavy atom. The van der Waals surface area contributed by atoms with Crippen molar-refractivity contribution in [1.29, 1.82) is 0 Å². The molecule has 0 aliphatic heterocycles. The minimum Gasteiger partial charge on any atom is -0.345 e. The third kappa shape index (κ3) is 3.32. The monoisotopic (exact) mass is 376 g/mol. The number of benzene rings is 1. The van der Waals surface area contributed by atoms with Gasteiger partial charge in [0.25, 0.3) is 0 Å². The minimum atomic E-state index is -0.290. The summed E-state index contributed by atoms with van der Waals surface area (Å²) >= 11 is 0. The fourth-order valence-corrected chi connectivity index (χ4v) is 3.32. The van der Waals surface area contributed by atoms with Gasteiger partial charge in [0.2, 0.25) is 11.8 Å². The van der Waals surface area contributed by atoms with Crippen LogP contribution in [0.4, 0.5) is 5.69 Å². The summed E-state index contributed by atoms with van der Waals surface area (Å²) in [5, 5.41) is 15.0. The average Bonchev–Trinajstić information content (AvgIpc) is 3.26. The zero-order valence-electron chi connectivity index (χ0n) is 15.6. The molecule has 0 aliphatic carbocycles. The quantitative estimate of drug-likeness (QED) is 0.560. The number of nitrogens with one attached hydrogen (secondary N) is 2. The van der Waals surface area contributed by atoms with Gasteiger partial charge in [-0.3, -0.25) is 14.0 Å². The van der Waals surface area contributed by atoms with Crippen molar-refractivity contribution in [2.45, 2.75) is 26.4 Å². The zero-order chi connectivity index (χ0) is 19.7. The lowest BCUT2D eigenvalue weighted by atomic mass is 10.2. The van der Waals surface area contributed by atoms with Crippen LogP contribution in [0.25, 0.3) is 16.6 Å². The van der Waals surface area contributed by atoms with E-state index in [1.807, 2.05) is 70.7 Å². The maximum absolute atomic E-state index is 12.6. The Labute approximate surface area is 161 Å². The second-order valence-corrected chi connectivity index (χ2v) is 6.64. The average molecular weight is 376 g/mol. The fourth-order valence-electron chi connectivity index (χ4n) is 3.32. The van der Waals surface area contributed by atoms with Crippen LogP contribution < -0.4 is 10.6 Å². The van der Waals surface area contributed by atoms with Gasteiger partial charge in [-0.25, -0.2) is 0 Å². The van der Waals surface area contributed by atoms with Crippen LogP contribution in [0.3, 0.4) is 0 Å². The van der Waals surface area contributed by atoms with Crippen molar-refractivity contribution >= 4 is 34.1 Å². The Kier molecular flexibility index (Phi) is 4.52. The summed E-state index contributed by atoms with van der Waals surface area (Å²) in [6.45, 7) is 3.51. The summed E-state index contributed by atoms with van der Waals surface area (Å²) in [5.41, 5.74) is 2.34. The smallest absolute Gasteiger partial charge is 0.240 e. The van der Waals surface area contributed by atoms with Gasteiger partial charge in [-0.2, -0.15) is 0 Å². The molecule has 0 bridgehead atoms. The highest BCUT2D eigenvalue weighted by Gasteiger charge is 2.16. The lowest BCUT2D eigenvalue weighted by Gasteiger charge is -2.13. The van der Waals surface area contributed by atoms with Gasteiger partial charge in [-0.1, -0.05) is 12.1 Å². The van der Waals surface area contributed by atoms with E-state index in [1.54, 1.807) is 0 Å². The van der Waals surface area contributed by atoms with Crippen molar-refractivity contribution in [3.63, 3.8) is 0 Å². The number of fused-ring (bicyclic) bond motifs is 2. The van der Waals surface area contributed by atoms with E-state index < -0.39 is 0 Å². The summed E-state index contributed by atoms with van der Waals surface area (Å²) in [4.78, 5) is 24.0. The lowest BCUT2D eigenvalue weighted by molar-refractivity contribution is -0.122. The van der Waals surface area contributed by atoms with Gasteiger partial charge < -0.3 is 15.2 Å². The molecule has 0 saturated carbocycles. The van der Waals surface area contributed by atoms with E-state index in [4.69, 9.17) is 0 Å². The van der Waals surface area contributed by atoms with Crippen molar-refractivity contribution in [2.75, 3.05) is 5.32 Å². The van der Waals surface area contributed by atoms with E-state index in [2.05, 4.69) is 20.8 Å². The molecule has 3 heterocycles. The van der Waals surface area contributed by atoms with E-state index in [0.717, 1.165) is 22.2 Å². The minimum absolute atomic E-state index is 0.132. The van der Waals surface area contributed by atoms with Crippen LogP contribution in [0, 0.1) is 0 Å². The van der Waals surface area contributed by atoms with E-state index in [1.165, 1.54) is 6.92 Å². The van der Waals surface area contributed by atoms with E-state index in [9.17, 15) is 9.59 Å². The largest absolute Gasteiger partial charge is 0.345 e. The fraction of sp³-hybridized carbons (Fsp3) is 0.200. The van der Waals surface area contributed by atoms with Crippen LogP contribution in [0.1, 0.15) is 25.7 Å². The van der Waals surface area contributed by atoms with Crippen LogP contribution in [0.15, 0.2) is 54.9 Å². The molecule has 1 unspecified atom stereocenters. The number of nitrogens with zero attached hydrogens (tertiary/aromatic N) is 4. The van der Waals surface area contributed by atoms with Crippen molar-refractivity contribution in [3.8, 4) is 0 Å². The van der Waals surface area contributed by atoms with Crippen molar-refractivity contribution in [1.82, 2.24) is 24.5 Å². The Balaban J connectivity index is 1.51. The lowest BCUT2D eigenvalue weighted by Crippen LogP contribution is -2.31. The second kappa shape index (κ2) is 7.15. The predicted molar refractivity (Wildman–Crippen MR) is 106 cm³/mol. The summed E-state index contributed by atoms with van der Waals surface area (Å²) in [7, 11) is 0. The maximum Gasteiger partial charge on any atom is 0.240 e. The van der Waals surface area contributed by atoms with Crippen LogP contribution in [0.5, 0.6) is 0 Å². The standard InChI is InChI=1S/C20H20N6O2/c1-13(20-24-23-18-8-3-4-10-26(18)20)21-19(28)12-25-11-9-15-16(22-14(2)27)6-5-7-17(15)25/h3-11,13H,12H2,1-2H3,(H,21,28)(H,22,27). The molecule has 2 N–H and O–H groups in total. The molecule has 0 saturated heterocycles. The molecule has 1 atom stereocenters. The summed E-state index contributed by atoms with van der Waals surface area (Å²) in [6, 6.07) is 12.9. The normalized spacial score (nSPS) is 12.2. The Hall–Kier alpha value is -3.68. The molecule has 0 fully saturated rings. The highest BCUT2D eigenvalue weighted by Crippen LogP contribution is 2.24. The topological polar surface area (TPSA) is 93.3 Å². The first-order valence-corrected chi connectivity index (χ1v) is 8.97. The molecule has 4 rings (SSSR count). The Morgan fingerprint density at radius 3 is 2.75 bits per heavy atom. The summed E-state index contributed by atoms with van der Waals surface area (Å²) in [5.74, 6) is 0.407. The molecule has 8 heteroatoms. The number of rotatable bonds is 5. The van der Waals surface area contributed by atoms with Gasteiger partial charge in [0.15, 0.2) is 11.5 Å². The summed E-state index contributed by atoms with van der Waals surface area (Å²) in [6.07, 6.45) is 3.71. The van der Waals surface area contributed by atoms with E-state index in [0.29, 0.717) is 5.82 Å². The molecule has 28 heavy (non-hydrogen) atoms. The van der Waals surface area contributed by atoms with Crippen molar-refractivity contribution < 1.29 is 9.59 Å². The first-order valence-electron chi connectivity index (χ1n) is 8.97. The van der Waals surface area contributed by atoms with Crippen LogP contribution in [-0.2, 0) is 16.1 Å². The molecule has 142 valence electrons. The molecule has 8 nitrogen and oxygen atoms in total. The molecule has 3 aromatic heterocycles. The number of aromatic nitrogens is 4. The first-order chi connectivity index (χ1) is 13.5. The molecule has 4 aromatic rings. The highest BCUT2D eigenvalue weighted by molar-refractivity contribution is 6.01. The van der Waals surface area contributed by atoms with Crippen LogP contribution in [0.2, 0.25) is 0 Å². The van der Waals surface area contributed by atoms with Crippen molar-refractivity contribution in [2.24, 2.45) is 0 Å². The number of hydrogen-bond acceptors (Lipinski definition) is 4. The molecule has 0 aliphatic rings. The SMILES string of the molecule is CC(=O)Nc1cccc2c1ccn2CC(=O)NC(C)c1nnc2ccccn12.